The van der Waals surface area contributed by atoms with Crippen LogP contribution in [0.2, 0.25) is 20.1 Å². The first-order valence-electron chi connectivity index (χ1n) is 19.5. The van der Waals surface area contributed by atoms with Crippen molar-refractivity contribution in [3.63, 3.8) is 0 Å². The van der Waals surface area contributed by atoms with Crippen LogP contribution in [-0.2, 0) is 0 Å². The number of phenols is 2. The summed E-state index contributed by atoms with van der Waals surface area (Å²) in [6, 6.07) is 26.3. The highest BCUT2D eigenvalue weighted by molar-refractivity contribution is 6.42. The van der Waals surface area contributed by atoms with Gasteiger partial charge in [0.05, 0.1) is 67.2 Å². The number of nitrogen functional groups attached to an aromatic ring is 1. The summed E-state index contributed by atoms with van der Waals surface area (Å²) in [5.74, 6) is 3.67. The number of hydrogen-bond acceptors (Lipinski definition) is 14. The zero-order chi connectivity index (χ0) is 47.9. The second-order valence-electron chi connectivity index (χ2n) is 13.6. The number of phenolic OH excluding ortho intramolecular Hbond substituents is 2. The van der Waals surface area contributed by atoms with E-state index in [1.165, 1.54) is 39.8 Å². The van der Waals surface area contributed by atoms with Crippen molar-refractivity contribution < 1.29 is 38.7 Å². The molecule has 0 aliphatic rings. The van der Waals surface area contributed by atoms with Gasteiger partial charge in [-0.05, 0) is 42.8 Å². The summed E-state index contributed by atoms with van der Waals surface area (Å²) in [6.45, 7) is 1.94. The fourth-order valence-corrected chi connectivity index (χ4v) is 6.96. The Morgan fingerprint density at radius 3 is 1.77 bits per heavy atom. The average Bonchev–Trinajstić information content (AvgIpc) is 3.33. The van der Waals surface area contributed by atoms with Crippen LogP contribution < -0.4 is 34.7 Å². The topological polar surface area (TPSA) is 193 Å². The lowest BCUT2D eigenvalue weighted by Gasteiger charge is -2.25. The number of aryl methyl sites for hydroxylation is 1. The van der Waals surface area contributed by atoms with Gasteiger partial charge in [0.2, 0.25) is 5.75 Å². The van der Waals surface area contributed by atoms with E-state index in [0.717, 1.165) is 21.9 Å². The van der Waals surface area contributed by atoms with Crippen LogP contribution >= 0.6 is 46.4 Å². The summed E-state index contributed by atoms with van der Waals surface area (Å²) in [5, 5.41) is 27.2. The van der Waals surface area contributed by atoms with E-state index >= 15 is 0 Å². The molecular formula is C48H44Cl4N6O8. The van der Waals surface area contributed by atoms with Gasteiger partial charge in [-0.1, -0.05) is 94.9 Å². The number of methoxy groups -OCH3 is 5. The van der Waals surface area contributed by atoms with E-state index in [4.69, 9.17) is 75.8 Å². The lowest BCUT2D eigenvalue weighted by Crippen LogP contribution is -2.15. The fourth-order valence-electron chi connectivity index (χ4n) is 6.44. The van der Waals surface area contributed by atoms with Crippen LogP contribution in [0.4, 0.5) is 11.6 Å². The highest BCUT2D eigenvalue weighted by atomic mass is 35.5. The third-order valence-corrected chi connectivity index (χ3v) is 11.0. The van der Waals surface area contributed by atoms with Crippen LogP contribution in [-0.4, -0.2) is 72.0 Å². The Kier molecular flexibility index (Phi) is 18.1. The molecule has 0 radical (unpaired) electrons. The molecule has 0 saturated carbocycles. The number of carbonyl (C=O) groups is 1. The lowest BCUT2D eigenvalue weighted by molar-refractivity contribution is 0.111. The van der Waals surface area contributed by atoms with E-state index in [-0.39, 0.29) is 11.5 Å². The van der Waals surface area contributed by atoms with E-state index < -0.39 is 6.04 Å². The molecule has 4 aromatic heterocycles. The first-order valence-corrected chi connectivity index (χ1v) is 21.0. The quantitative estimate of drug-likeness (QED) is 0.0946. The van der Waals surface area contributed by atoms with Crippen molar-refractivity contribution in [2.45, 2.75) is 13.0 Å². The minimum atomic E-state index is -0.560. The van der Waals surface area contributed by atoms with Gasteiger partial charge in [0.1, 0.15) is 34.2 Å². The maximum atomic E-state index is 11.2. The van der Waals surface area contributed by atoms with E-state index in [1.54, 1.807) is 56.9 Å². The predicted molar refractivity (Wildman–Crippen MR) is 261 cm³/mol. The van der Waals surface area contributed by atoms with Crippen LogP contribution in [0.5, 0.6) is 40.2 Å². The molecule has 8 rings (SSSR count). The summed E-state index contributed by atoms with van der Waals surface area (Å²) in [6.07, 6.45) is 6.91. The molecule has 0 aliphatic carbocycles. The van der Waals surface area contributed by atoms with E-state index in [9.17, 15) is 15.0 Å². The molecule has 8 aromatic rings. The number of pyridine rings is 4. The maximum Gasteiger partial charge on any atom is 0.204 e. The number of carbonyl (C=O) groups excluding carboxylic acids is 1. The third-order valence-electron chi connectivity index (χ3n) is 9.55. The van der Waals surface area contributed by atoms with Crippen LogP contribution in [0.25, 0.3) is 21.8 Å². The highest BCUT2D eigenvalue weighted by Crippen LogP contribution is 2.44. The smallest absolute Gasteiger partial charge is 0.204 e. The second kappa shape index (κ2) is 23.8. The third kappa shape index (κ3) is 12.0. The number of anilines is 2. The lowest BCUT2D eigenvalue weighted by atomic mass is 9.94. The van der Waals surface area contributed by atoms with E-state index in [0.29, 0.717) is 88.9 Å². The normalized spacial score (nSPS) is 10.8. The molecule has 66 heavy (non-hydrogen) atoms. The van der Waals surface area contributed by atoms with Gasteiger partial charge in [-0.2, -0.15) is 0 Å². The van der Waals surface area contributed by atoms with Gasteiger partial charge in [-0.25, -0.2) is 9.97 Å². The Hall–Kier alpha value is -6.97. The number of nitrogens with zero attached hydrogens (tertiary/aromatic N) is 4. The van der Waals surface area contributed by atoms with Crippen LogP contribution in [0, 0.1) is 6.92 Å². The molecular weight excluding hydrogens is 930 g/mol. The van der Waals surface area contributed by atoms with Crippen molar-refractivity contribution in [2.75, 3.05) is 46.6 Å². The molecule has 1 atom stereocenters. The Labute approximate surface area is 400 Å². The van der Waals surface area contributed by atoms with E-state index in [1.807, 2.05) is 61.5 Å². The molecule has 342 valence electrons. The monoisotopic (exact) mass is 972 g/mol. The summed E-state index contributed by atoms with van der Waals surface area (Å²) in [7, 11) is 7.67. The van der Waals surface area contributed by atoms with Crippen molar-refractivity contribution in [1.82, 2.24) is 19.9 Å². The van der Waals surface area contributed by atoms with Crippen LogP contribution in [0.1, 0.15) is 33.1 Å². The number of fused-ring (bicyclic) bond motifs is 2. The Bertz CT molecular complexity index is 2940. The van der Waals surface area contributed by atoms with Crippen molar-refractivity contribution >= 4 is 86.1 Å². The van der Waals surface area contributed by atoms with E-state index in [2.05, 4.69) is 25.3 Å². The molecule has 5 N–H and O–H groups in total. The molecule has 1 unspecified atom stereocenters. The number of ether oxygens (including phenoxy) is 5. The highest BCUT2D eigenvalue weighted by Gasteiger charge is 2.26. The standard InChI is InChI=1S/C24H21Cl2N3O3.C10H12O4.C9H7NO.C5H4Cl2N2/c1-13-6-8-16(24(32-3)23(13)31-2)21(29-19-11-17(25)18(26)12-28-19)15-9-7-14-5-4-10-27-20(14)22(15)30;1-12-8-5-4-7(6-11)9(13-2)10(8)14-3;11-8-5-1-3-7-4-2-6-10-9(7)8;6-3-1-5(8)9-2-4(3)7/h4-12,21,30H,1-3H3,(H,28,29);4-6H,1-3H3;1-6,11H;1-2H,(H2,8,9). The number of rotatable bonds is 10. The Balaban J connectivity index is 0.000000195. The van der Waals surface area contributed by atoms with Gasteiger partial charge in [0.25, 0.3) is 0 Å². The Morgan fingerprint density at radius 2 is 1.20 bits per heavy atom. The van der Waals surface area contributed by atoms with Gasteiger partial charge in [0, 0.05) is 58.8 Å². The predicted octanol–water partition coefficient (Wildman–Crippen LogP) is 11.6. The van der Waals surface area contributed by atoms with Crippen molar-refractivity contribution in [1.29, 1.82) is 0 Å². The summed E-state index contributed by atoms with van der Waals surface area (Å²) in [5.41, 5.74) is 9.12. The summed E-state index contributed by atoms with van der Waals surface area (Å²) < 4.78 is 26.5. The molecule has 18 heteroatoms. The van der Waals surface area contributed by atoms with Crippen LogP contribution in [0.3, 0.4) is 0 Å². The van der Waals surface area contributed by atoms with Gasteiger partial charge < -0.3 is 44.9 Å². The van der Waals surface area contributed by atoms with Crippen molar-refractivity contribution in [3.05, 3.63) is 158 Å². The maximum absolute atomic E-state index is 11.2. The number of aromatic nitrogens is 4. The zero-order valence-electron chi connectivity index (χ0n) is 36.3. The number of para-hydroxylation sites is 1. The number of hydrogen-bond donors (Lipinski definition) is 4. The number of nitrogens with one attached hydrogen (secondary N) is 1. The molecule has 0 fully saturated rings. The molecule has 0 saturated heterocycles. The zero-order valence-corrected chi connectivity index (χ0v) is 39.4. The van der Waals surface area contributed by atoms with Crippen molar-refractivity contribution in [2.24, 2.45) is 0 Å². The summed E-state index contributed by atoms with van der Waals surface area (Å²) >= 11 is 23.3. The first-order chi connectivity index (χ1) is 31.8. The number of aldehydes is 1. The van der Waals surface area contributed by atoms with Crippen LogP contribution in [0.15, 0.2) is 116 Å². The molecule has 0 spiro atoms. The molecule has 4 heterocycles. The number of aromatic hydroxyl groups is 2. The molecule has 0 bridgehead atoms. The minimum Gasteiger partial charge on any atom is -0.506 e. The molecule has 0 amide bonds. The number of nitrogens with two attached hydrogens (primary N) is 1. The number of halogens is 4. The average molecular weight is 975 g/mol. The molecule has 0 aliphatic heterocycles. The fraction of sp³-hybridized carbons (Fsp3) is 0.146. The SMILES string of the molecule is COc1c(C)ccc(C(Nc2cc(Cl)c(Cl)cn2)c2ccc3cccnc3c2O)c1OC.COc1ccc(C=O)c(OC)c1OC.Nc1cc(Cl)c(Cl)cn1.Oc1cccc2cccnc12. The van der Waals surface area contributed by atoms with Gasteiger partial charge in [-0.15, -0.1) is 0 Å². The second-order valence-corrected chi connectivity index (χ2v) is 15.2. The minimum absolute atomic E-state index is 0.0576. The van der Waals surface area contributed by atoms with Gasteiger partial charge in [0.15, 0.2) is 29.3 Å². The van der Waals surface area contributed by atoms with Crippen molar-refractivity contribution in [3.8, 4) is 40.2 Å². The molecule has 4 aromatic carbocycles. The first kappa shape index (κ1) is 50.0. The van der Waals surface area contributed by atoms with Gasteiger partial charge >= 0.3 is 0 Å². The summed E-state index contributed by atoms with van der Waals surface area (Å²) in [4.78, 5) is 27.1. The largest absolute Gasteiger partial charge is 0.506 e. The van der Waals surface area contributed by atoms with Gasteiger partial charge in [-0.3, -0.25) is 14.8 Å². The number of benzene rings is 4. The Morgan fingerprint density at radius 1 is 0.606 bits per heavy atom. The molecule has 14 nitrogen and oxygen atoms in total.